The SMILES string of the molecule is CSCC(C)NCCS(=O)(=O)c1ccc(/C(N)=N/O)cc1. The summed E-state index contributed by atoms with van der Waals surface area (Å²) in [5, 5.41) is 14.6. The van der Waals surface area contributed by atoms with Crippen molar-refractivity contribution in [3.63, 3.8) is 0 Å². The highest BCUT2D eigenvalue weighted by Gasteiger charge is 2.15. The first-order valence-electron chi connectivity index (χ1n) is 6.43. The molecule has 6 nitrogen and oxygen atoms in total. The van der Waals surface area contributed by atoms with E-state index in [2.05, 4.69) is 10.5 Å². The maximum absolute atomic E-state index is 12.2. The van der Waals surface area contributed by atoms with Crippen molar-refractivity contribution in [3.05, 3.63) is 29.8 Å². The highest BCUT2D eigenvalue weighted by Crippen LogP contribution is 2.12. The topological polar surface area (TPSA) is 105 Å². The number of hydrogen-bond acceptors (Lipinski definition) is 6. The van der Waals surface area contributed by atoms with Crippen molar-refractivity contribution in [2.75, 3.05) is 24.3 Å². The lowest BCUT2D eigenvalue weighted by molar-refractivity contribution is 0.318. The molecule has 0 fully saturated rings. The summed E-state index contributed by atoms with van der Waals surface area (Å²) < 4.78 is 24.3. The number of thioether (sulfide) groups is 1. The fourth-order valence-electron chi connectivity index (χ4n) is 1.76. The second kappa shape index (κ2) is 8.26. The summed E-state index contributed by atoms with van der Waals surface area (Å²) in [6, 6.07) is 6.25. The standard InChI is InChI=1S/C13H21N3O3S2/c1-10(9-20-2)15-7-8-21(18,19)12-5-3-11(4-6-12)13(14)16-17/h3-6,10,15,17H,7-9H2,1-2H3,(H2,14,16). The lowest BCUT2D eigenvalue weighted by Crippen LogP contribution is -2.32. The van der Waals surface area contributed by atoms with Crippen LogP contribution in [-0.4, -0.2) is 49.8 Å². The van der Waals surface area contributed by atoms with Crippen LogP contribution in [0.15, 0.2) is 34.3 Å². The van der Waals surface area contributed by atoms with Crippen molar-refractivity contribution in [2.24, 2.45) is 10.9 Å². The van der Waals surface area contributed by atoms with Crippen molar-refractivity contribution >= 4 is 27.4 Å². The molecule has 0 bridgehead atoms. The molecule has 0 saturated heterocycles. The molecule has 0 aliphatic carbocycles. The summed E-state index contributed by atoms with van der Waals surface area (Å²) in [7, 11) is -3.33. The fourth-order valence-corrected chi connectivity index (χ4v) is 3.55. The minimum Gasteiger partial charge on any atom is -0.409 e. The molecule has 0 aromatic heterocycles. The number of nitrogens with one attached hydrogen (secondary N) is 1. The van der Waals surface area contributed by atoms with Crippen LogP contribution in [0.4, 0.5) is 0 Å². The molecule has 1 unspecified atom stereocenters. The first-order valence-corrected chi connectivity index (χ1v) is 9.48. The van der Waals surface area contributed by atoms with E-state index in [1.807, 2.05) is 13.2 Å². The van der Waals surface area contributed by atoms with E-state index < -0.39 is 9.84 Å². The van der Waals surface area contributed by atoms with Crippen LogP contribution in [0.2, 0.25) is 0 Å². The molecule has 21 heavy (non-hydrogen) atoms. The molecule has 4 N–H and O–H groups in total. The van der Waals surface area contributed by atoms with Gasteiger partial charge in [-0.2, -0.15) is 11.8 Å². The Labute approximate surface area is 129 Å². The normalized spacial score (nSPS) is 14.1. The number of benzene rings is 1. The van der Waals surface area contributed by atoms with Gasteiger partial charge in [0.1, 0.15) is 0 Å². The summed E-state index contributed by atoms with van der Waals surface area (Å²) in [5.74, 6) is 0.926. The molecule has 118 valence electrons. The van der Waals surface area contributed by atoms with Gasteiger partial charge in [0.2, 0.25) is 0 Å². The molecule has 0 saturated carbocycles. The predicted octanol–water partition coefficient (Wildman–Crippen LogP) is 0.896. The highest BCUT2D eigenvalue weighted by atomic mass is 32.2. The van der Waals surface area contributed by atoms with E-state index in [9.17, 15) is 8.42 Å². The number of sulfone groups is 1. The van der Waals surface area contributed by atoms with E-state index in [0.717, 1.165) is 5.75 Å². The van der Waals surface area contributed by atoms with E-state index in [1.54, 1.807) is 11.8 Å². The van der Waals surface area contributed by atoms with Crippen molar-refractivity contribution in [2.45, 2.75) is 17.9 Å². The third-order valence-electron chi connectivity index (χ3n) is 2.90. The molecular weight excluding hydrogens is 310 g/mol. The Bertz CT molecular complexity index is 571. The summed E-state index contributed by atoms with van der Waals surface area (Å²) in [6.07, 6.45) is 2.01. The van der Waals surface area contributed by atoms with Gasteiger partial charge in [-0.25, -0.2) is 8.42 Å². The van der Waals surface area contributed by atoms with Gasteiger partial charge in [0.15, 0.2) is 15.7 Å². The third kappa shape index (κ3) is 5.56. The van der Waals surface area contributed by atoms with E-state index in [-0.39, 0.29) is 22.5 Å². The van der Waals surface area contributed by atoms with Gasteiger partial charge in [-0.05, 0) is 37.4 Å². The van der Waals surface area contributed by atoms with Crippen LogP contribution in [-0.2, 0) is 9.84 Å². The molecule has 0 radical (unpaired) electrons. The zero-order chi connectivity index (χ0) is 15.9. The number of oxime groups is 1. The Hall–Kier alpha value is -1.25. The van der Waals surface area contributed by atoms with Gasteiger partial charge >= 0.3 is 0 Å². The van der Waals surface area contributed by atoms with Crippen LogP contribution in [0.25, 0.3) is 0 Å². The highest BCUT2D eigenvalue weighted by molar-refractivity contribution is 7.98. The Morgan fingerprint density at radius 2 is 2.05 bits per heavy atom. The Kier molecular flexibility index (Phi) is 7.00. The molecule has 1 rings (SSSR count). The van der Waals surface area contributed by atoms with Crippen LogP contribution in [0.5, 0.6) is 0 Å². The quantitative estimate of drug-likeness (QED) is 0.283. The largest absolute Gasteiger partial charge is 0.409 e. The van der Waals surface area contributed by atoms with E-state index in [4.69, 9.17) is 10.9 Å². The van der Waals surface area contributed by atoms with Gasteiger partial charge in [-0.3, -0.25) is 0 Å². The van der Waals surface area contributed by atoms with Crippen LogP contribution in [0.1, 0.15) is 12.5 Å². The maximum Gasteiger partial charge on any atom is 0.179 e. The smallest absolute Gasteiger partial charge is 0.179 e. The minimum atomic E-state index is -3.33. The second-order valence-corrected chi connectivity index (χ2v) is 7.66. The van der Waals surface area contributed by atoms with Gasteiger partial charge in [-0.15, -0.1) is 0 Å². The lowest BCUT2D eigenvalue weighted by atomic mass is 10.2. The first-order chi connectivity index (χ1) is 9.90. The molecule has 1 aromatic carbocycles. The van der Waals surface area contributed by atoms with Crippen LogP contribution in [0, 0.1) is 0 Å². The summed E-state index contributed by atoms with van der Waals surface area (Å²) in [4.78, 5) is 0.233. The van der Waals surface area contributed by atoms with Crippen molar-refractivity contribution in [3.8, 4) is 0 Å². The molecular formula is C13H21N3O3S2. The Morgan fingerprint density at radius 1 is 1.43 bits per heavy atom. The van der Waals surface area contributed by atoms with Crippen molar-refractivity contribution in [1.29, 1.82) is 0 Å². The molecule has 0 heterocycles. The zero-order valence-electron chi connectivity index (χ0n) is 12.1. The number of hydrogen-bond donors (Lipinski definition) is 3. The average Bonchev–Trinajstić information content (AvgIpc) is 2.46. The lowest BCUT2D eigenvalue weighted by Gasteiger charge is -2.12. The number of nitrogens with zero attached hydrogens (tertiary/aromatic N) is 1. The van der Waals surface area contributed by atoms with Gasteiger partial charge in [0.25, 0.3) is 0 Å². The molecule has 1 aromatic rings. The molecule has 0 amide bonds. The molecule has 0 aliphatic rings. The van der Waals surface area contributed by atoms with Gasteiger partial charge in [0, 0.05) is 23.9 Å². The van der Waals surface area contributed by atoms with E-state index in [0.29, 0.717) is 12.1 Å². The summed E-state index contributed by atoms with van der Waals surface area (Å²) >= 11 is 1.72. The third-order valence-corrected chi connectivity index (χ3v) is 5.46. The van der Waals surface area contributed by atoms with E-state index >= 15 is 0 Å². The molecule has 1 atom stereocenters. The predicted molar refractivity (Wildman–Crippen MR) is 86.9 cm³/mol. The van der Waals surface area contributed by atoms with Crippen LogP contribution >= 0.6 is 11.8 Å². The monoisotopic (exact) mass is 331 g/mol. The van der Waals surface area contributed by atoms with Gasteiger partial charge in [-0.1, -0.05) is 5.16 Å². The number of nitrogens with two attached hydrogens (primary N) is 1. The zero-order valence-corrected chi connectivity index (χ0v) is 13.7. The van der Waals surface area contributed by atoms with E-state index in [1.165, 1.54) is 24.3 Å². The number of rotatable bonds is 8. The van der Waals surface area contributed by atoms with Crippen LogP contribution in [0.3, 0.4) is 0 Å². The Balaban J connectivity index is 2.66. The van der Waals surface area contributed by atoms with Crippen LogP contribution < -0.4 is 11.1 Å². The number of amidine groups is 1. The summed E-state index contributed by atoms with van der Waals surface area (Å²) in [5.41, 5.74) is 5.91. The molecule has 0 aliphatic heterocycles. The summed E-state index contributed by atoms with van der Waals surface area (Å²) in [6.45, 7) is 2.43. The second-order valence-electron chi connectivity index (χ2n) is 4.64. The van der Waals surface area contributed by atoms with Gasteiger partial charge < -0.3 is 16.3 Å². The molecule has 8 heteroatoms. The van der Waals surface area contributed by atoms with Gasteiger partial charge in [0.05, 0.1) is 10.6 Å². The fraction of sp³-hybridized carbons (Fsp3) is 0.462. The molecule has 0 spiro atoms. The van der Waals surface area contributed by atoms with Crippen molar-refractivity contribution in [1.82, 2.24) is 5.32 Å². The minimum absolute atomic E-state index is 0.0363. The Morgan fingerprint density at radius 3 is 2.57 bits per heavy atom. The maximum atomic E-state index is 12.2. The average molecular weight is 331 g/mol. The van der Waals surface area contributed by atoms with Crippen molar-refractivity contribution < 1.29 is 13.6 Å². The first kappa shape index (κ1) is 17.8.